The third kappa shape index (κ3) is 1.08. The zero-order chi connectivity index (χ0) is 11.4. The minimum absolute atomic E-state index is 0.208. The lowest BCUT2D eigenvalue weighted by Gasteiger charge is -2.02. The average molecular weight is 224 g/mol. The van der Waals surface area contributed by atoms with Gasteiger partial charge < -0.3 is 9.13 Å². The normalized spacial score (nSPS) is 22.0. The Morgan fingerprint density at radius 1 is 0.941 bits per heavy atom. The van der Waals surface area contributed by atoms with Crippen LogP contribution in [0.5, 0.6) is 0 Å². The van der Waals surface area contributed by atoms with Gasteiger partial charge in [0.1, 0.15) is 0 Å². The first kappa shape index (κ1) is 9.05. The van der Waals surface area contributed by atoms with Crippen molar-refractivity contribution >= 4 is 11.4 Å². The Kier molecular flexibility index (Phi) is 1.60. The molecule has 0 amide bonds. The Labute approximate surface area is 99.0 Å². The first-order valence-corrected chi connectivity index (χ1v) is 5.92. The molecule has 3 heteroatoms. The van der Waals surface area contributed by atoms with Crippen LogP contribution in [0, 0.1) is 0 Å². The molecule has 0 atom stereocenters. The third-order valence-corrected chi connectivity index (χ3v) is 3.77. The van der Waals surface area contributed by atoms with Crippen molar-refractivity contribution in [2.24, 2.45) is 0 Å². The zero-order valence-corrected chi connectivity index (χ0v) is 9.39. The number of rotatable bonds is 0. The van der Waals surface area contributed by atoms with Gasteiger partial charge in [-0.3, -0.25) is 4.79 Å². The van der Waals surface area contributed by atoms with Crippen LogP contribution in [0.25, 0.3) is 5.57 Å². The standard InChI is InChI=1S/C14H12N2O/c17-14-11(9-16-7-2-4-13(14)16)10-5-8-15-6-1-3-12(10)15/h1-4,6-7H,5,8-9H2/b11-10-. The maximum atomic E-state index is 12.3. The predicted octanol–water partition coefficient (Wildman–Crippen LogP) is 2.34. The molecule has 2 aliphatic heterocycles. The summed E-state index contributed by atoms with van der Waals surface area (Å²) in [6.07, 6.45) is 5.06. The quantitative estimate of drug-likeness (QED) is 0.631. The van der Waals surface area contributed by atoms with Crippen molar-refractivity contribution in [3.05, 3.63) is 53.6 Å². The SMILES string of the molecule is O=C1/C(=C2/CCn3cccc32)Cn2cccc21. The molecule has 3 nitrogen and oxygen atoms in total. The van der Waals surface area contributed by atoms with Gasteiger partial charge in [0, 0.05) is 30.2 Å². The van der Waals surface area contributed by atoms with Crippen molar-refractivity contribution in [1.82, 2.24) is 9.13 Å². The van der Waals surface area contributed by atoms with Crippen molar-refractivity contribution < 1.29 is 4.79 Å². The number of fused-ring (bicyclic) bond motifs is 2. The van der Waals surface area contributed by atoms with E-state index in [0.717, 1.165) is 30.8 Å². The zero-order valence-electron chi connectivity index (χ0n) is 9.39. The Morgan fingerprint density at radius 3 is 2.53 bits per heavy atom. The highest BCUT2D eigenvalue weighted by atomic mass is 16.1. The smallest absolute Gasteiger partial charge is 0.207 e. The first-order chi connectivity index (χ1) is 8.34. The topological polar surface area (TPSA) is 26.9 Å². The Hall–Kier alpha value is -2.03. The van der Waals surface area contributed by atoms with E-state index in [4.69, 9.17) is 0 Å². The number of allylic oxidation sites excluding steroid dienone is 2. The van der Waals surface area contributed by atoms with Crippen LogP contribution in [-0.2, 0) is 13.1 Å². The van der Waals surface area contributed by atoms with E-state index in [-0.39, 0.29) is 5.78 Å². The number of ketones is 1. The van der Waals surface area contributed by atoms with Gasteiger partial charge in [-0.1, -0.05) is 0 Å². The molecule has 4 rings (SSSR count). The van der Waals surface area contributed by atoms with Crippen LogP contribution in [-0.4, -0.2) is 14.9 Å². The fourth-order valence-electron chi connectivity index (χ4n) is 2.94. The summed E-state index contributed by atoms with van der Waals surface area (Å²) in [7, 11) is 0. The van der Waals surface area contributed by atoms with E-state index < -0.39 is 0 Å². The number of aromatic nitrogens is 2. The van der Waals surface area contributed by atoms with Crippen LogP contribution in [0.3, 0.4) is 0 Å². The number of nitrogens with zero attached hydrogens (tertiary/aromatic N) is 2. The van der Waals surface area contributed by atoms with E-state index in [1.807, 2.05) is 22.9 Å². The van der Waals surface area contributed by atoms with Gasteiger partial charge in [0.15, 0.2) is 0 Å². The van der Waals surface area contributed by atoms with Crippen molar-refractivity contribution in [3.63, 3.8) is 0 Å². The van der Waals surface area contributed by atoms with Crippen molar-refractivity contribution in [3.8, 4) is 0 Å². The highest BCUT2D eigenvalue weighted by Crippen LogP contribution is 2.34. The summed E-state index contributed by atoms with van der Waals surface area (Å²) in [6.45, 7) is 1.74. The lowest BCUT2D eigenvalue weighted by atomic mass is 10.0. The van der Waals surface area contributed by atoms with Gasteiger partial charge in [0.2, 0.25) is 5.78 Å². The average Bonchev–Trinajstić information content (AvgIpc) is 3.01. The van der Waals surface area contributed by atoms with Gasteiger partial charge in [-0.15, -0.1) is 0 Å². The molecule has 17 heavy (non-hydrogen) atoms. The summed E-state index contributed by atoms with van der Waals surface area (Å²) in [5.41, 5.74) is 4.28. The second kappa shape index (κ2) is 3.00. The molecule has 0 spiro atoms. The molecular formula is C14H12N2O. The van der Waals surface area contributed by atoms with Crippen LogP contribution < -0.4 is 0 Å². The van der Waals surface area contributed by atoms with Gasteiger partial charge in [-0.25, -0.2) is 0 Å². The number of aryl methyl sites for hydroxylation is 1. The molecular weight excluding hydrogens is 212 g/mol. The highest BCUT2D eigenvalue weighted by molar-refractivity contribution is 6.14. The van der Waals surface area contributed by atoms with Gasteiger partial charge in [0.25, 0.3) is 0 Å². The third-order valence-electron chi connectivity index (χ3n) is 3.77. The summed E-state index contributed by atoms with van der Waals surface area (Å²) < 4.78 is 4.26. The Morgan fingerprint density at radius 2 is 1.71 bits per heavy atom. The van der Waals surface area contributed by atoms with Crippen LogP contribution in [0.4, 0.5) is 0 Å². The summed E-state index contributed by atoms with van der Waals surface area (Å²) in [5.74, 6) is 0.208. The minimum atomic E-state index is 0.208. The molecule has 2 aliphatic rings. The van der Waals surface area contributed by atoms with Gasteiger partial charge in [-0.2, -0.15) is 0 Å². The predicted molar refractivity (Wildman–Crippen MR) is 64.7 cm³/mol. The fourth-order valence-corrected chi connectivity index (χ4v) is 2.94. The molecule has 0 fully saturated rings. The molecule has 2 aromatic rings. The van der Waals surface area contributed by atoms with Crippen LogP contribution in [0.15, 0.2) is 42.2 Å². The number of hydrogen-bond donors (Lipinski definition) is 0. The molecule has 0 aliphatic carbocycles. The Bertz CT molecular complexity index is 657. The van der Waals surface area contributed by atoms with E-state index in [2.05, 4.69) is 22.9 Å². The molecule has 4 heterocycles. The molecule has 84 valence electrons. The molecule has 2 aromatic heterocycles. The molecule has 0 radical (unpaired) electrons. The van der Waals surface area contributed by atoms with Crippen molar-refractivity contribution in [1.29, 1.82) is 0 Å². The highest BCUT2D eigenvalue weighted by Gasteiger charge is 2.29. The van der Waals surface area contributed by atoms with Gasteiger partial charge in [0.05, 0.1) is 12.2 Å². The van der Waals surface area contributed by atoms with Crippen molar-refractivity contribution in [2.75, 3.05) is 0 Å². The fraction of sp³-hybridized carbons (Fsp3) is 0.214. The number of carbonyl (C=O) groups excluding carboxylic acids is 1. The monoisotopic (exact) mass is 224 g/mol. The minimum Gasteiger partial charge on any atom is -0.347 e. The van der Waals surface area contributed by atoms with E-state index in [1.165, 1.54) is 11.3 Å². The molecule has 0 N–H and O–H groups in total. The lowest BCUT2D eigenvalue weighted by Crippen LogP contribution is -1.98. The summed E-state index contributed by atoms with van der Waals surface area (Å²) >= 11 is 0. The first-order valence-electron chi connectivity index (χ1n) is 5.92. The van der Waals surface area contributed by atoms with Crippen LogP contribution >= 0.6 is 0 Å². The Balaban J connectivity index is 1.89. The number of carbonyl (C=O) groups is 1. The molecule has 0 saturated carbocycles. The molecule has 0 unspecified atom stereocenters. The van der Waals surface area contributed by atoms with E-state index in [9.17, 15) is 4.79 Å². The lowest BCUT2D eigenvalue weighted by molar-refractivity contribution is 0.103. The summed E-state index contributed by atoms with van der Waals surface area (Å²) in [4.78, 5) is 12.3. The summed E-state index contributed by atoms with van der Waals surface area (Å²) in [6, 6.07) is 8.00. The van der Waals surface area contributed by atoms with E-state index >= 15 is 0 Å². The van der Waals surface area contributed by atoms with E-state index in [1.54, 1.807) is 0 Å². The van der Waals surface area contributed by atoms with Gasteiger partial charge >= 0.3 is 0 Å². The largest absolute Gasteiger partial charge is 0.347 e. The van der Waals surface area contributed by atoms with E-state index in [0.29, 0.717) is 0 Å². The van der Waals surface area contributed by atoms with Crippen LogP contribution in [0.2, 0.25) is 0 Å². The molecule has 0 bridgehead atoms. The maximum Gasteiger partial charge on any atom is 0.207 e. The maximum absolute atomic E-state index is 12.3. The van der Waals surface area contributed by atoms with Gasteiger partial charge in [-0.05, 0) is 36.3 Å². The van der Waals surface area contributed by atoms with Crippen LogP contribution in [0.1, 0.15) is 22.6 Å². The summed E-state index contributed by atoms with van der Waals surface area (Å²) in [5, 5.41) is 0. The number of Topliss-reactive ketones (excluding diaryl/α,β-unsaturated/α-hetero) is 1. The number of hydrogen-bond acceptors (Lipinski definition) is 1. The second-order valence-corrected chi connectivity index (χ2v) is 4.64. The molecule has 0 aromatic carbocycles. The molecule has 0 saturated heterocycles. The second-order valence-electron chi connectivity index (χ2n) is 4.64. The van der Waals surface area contributed by atoms with Crippen molar-refractivity contribution in [2.45, 2.75) is 19.5 Å².